The first-order chi connectivity index (χ1) is 13.2. The second-order valence-corrected chi connectivity index (χ2v) is 7.95. The summed E-state index contributed by atoms with van der Waals surface area (Å²) in [5.74, 6) is -1.54. The van der Waals surface area contributed by atoms with Crippen LogP contribution in [-0.2, 0) is 14.3 Å². The number of anilines is 1. The predicted molar refractivity (Wildman–Crippen MR) is 109 cm³/mol. The van der Waals surface area contributed by atoms with Crippen molar-refractivity contribution < 1.29 is 23.9 Å². The highest BCUT2D eigenvalue weighted by molar-refractivity contribution is 9.10. The van der Waals surface area contributed by atoms with Gasteiger partial charge in [-0.1, -0.05) is 6.92 Å². The highest BCUT2D eigenvalue weighted by atomic mass is 79.9. The fourth-order valence-electron chi connectivity index (χ4n) is 2.52. The lowest BCUT2D eigenvalue weighted by Gasteiger charge is -2.14. The predicted octanol–water partition coefficient (Wildman–Crippen LogP) is 3.88. The number of nitrogens with zero attached hydrogens (tertiary/aromatic N) is 2. The number of carbonyl (C=O) groups is 3. The molecule has 0 saturated carbocycles. The smallest absolute Gasteiger partial charge is 0.348 e. The van der Waals surface area contributed by atoms with Gasteiger partial charge in [-0.15, -0.1) is 11.3 Å². The van der Waals surface area contributed by atoms with Gasteiger partial charge in [-0.2, -0.15) is 5.10 Å². The molecule has 0 aliphatic heterocycles. The molecule has 0 fully saturated rings. The third-order valence-corrected chi connectivity index (χ3v) is 6.09. The lowest BCUT2D eigenvalue weighted by molar-refractivity contribution is -0.119. The molecule has 2 aromatic heterocycles. The first-order valence-electron chi connectivity index (χ1n) is 8.62. The van der Waals surface area contributed by atoms with Crippen LogP contribution in [0.3, 0.4) is 0 Å². The maximum Gasteiger partial charge on any atom is 0.348 e. The minimum absolute atomic E-state index is 0.165. The highest BCUT2D eigenvalue weighted by Crippen LogP contribution is 2.35. The van der Waals surface area contributed by atoms with Gasteiger partial charge in [0.05, 0.1) is 35.6 Å². The van der Waals surface area contributed by atoms with Crippen LogP contribution in [0.4, 0.5) is 5.00 Å². The lowest BCUT2D eigenvalue weighted by atomic mass is 10.1. The van der Waals surface area contributed by atoms with Crippen LogP contribution < -0.4 is 5.32 Å². The molecule has 2 aromatic rings. The summed E-state index contributed by atoms with van der Waals surface area (Å²) in [6.45, 7) is 7.27. The number of carbonyl (C=O) groups excluding carboxylic acids is 3. The number of methoxy groups -OCH3 is 1. The fraction of sp³-hybridized carbons (Fsp3) is 0.444. The van der Waals surface area contributed by atoms with Gasteiger partial charge < -0.3 is 14.8 Å². The molecule has 28 heavy (non-hydrogen) atoms. The topological polar surface area (TPSA) is 99.5 Å². The Morgan fingerprint density at radius 2 is 2.00 bits per heavy atom. The number of nitrogens with one attached hydrogen (secondary N) is 1. The van der Waals surface area contributed by atoms with Gasteiger partial charge in [0, 0.05) is 0 Å². The molecule has 1 amide bonds. The molecule has 0 radical (unpaired) electrons. The molecule has 10 heteroatoms. The maximum atomic E-state index is 12.8. The third kappa shape index (κ3) is 4.44. The third-order valence-electron chi connectivity index (χ3n) is 4.13. The number of hydrogen-bond acceptors (Lipinski definition) is 7. The van der Waals surface area contributed by atoms with E-state index in [-0.39, 0.29) is 28.0 Å². The SMILES string of the molecule is CCCOC(=O)c1c(NC(=O)C(C)n2ncc(Br)c2C)sc(C(=O)OC)c1C. The molecule has 0 aliphatic carbocycles. The van der Waals surface area contributed by atoms with Crippen LogP contribution in [0.1, 0.15) is 57.6 Å². The molecule has 0 bridgehead atoms. The van der Waals surface area contributed by atoms with E-state index in [4.69, 9.17) is 9.47 Å². The first kappa shape index (κ1) is 22.1. The van der Waals surface area contributed by atoms with Crippen LogP contribution >= 0.6 is 27.3 Å². The summed E-state index contributed by atoms with van der Waals surface area (Å²) in [5, 5.41) is 7.17. The number of hydrogen-bond donors (Lipinski definition) is 1. The summed E-state index contributed by atoms with van der Waals surface area (Å²) >= 11 is 4.35. The molecule has 1 N–H and O–H groups in total. The zero-order valence-electron chi connectivity index (χ0n) is 16.3. The molecule has 2 heterocycles. The number of ether oxygens (including phenoxy) is 2. The van der Waals surface area contributed by atoms with E-state index in [9.17, 15) is 14.4 Å². The van der Waals surface area contributed by atoms with Crippen LogP contribution in [0.25, 0.3) is 0 Å². The Labute approximate surface area is 175 Å². The number of rotatable bonds is 7. The Morgan fingerprint density at radius 1 is 1.32 bits per heavy atom. The fourth-order valence-corrected chi connectivity index (χ4v) is 3.91. The molecular weight excluding hydrogens is 450 g/mol. The molecule has 0 saturated heterocycles. The zero-order chi connectivity index (χ0) is 21.0. The van der Waals surface area contributed by atoms with E-state index in [1.54, 1.807) is 24.7 Å². The van der Waals surface area contributed by atoms with Crippen molar-refractivity contribution in [1.82, 2.24) is 9.78 Å². The Kier molecular flexibility index (Phi) is 7.36. The summed E-state index contributed by atoms with van der Waals surface area (Å²) in [7, 11) is 1.26. The van der Waals surface area contributed by atoms with Crippen molar-refractivity contribution in [3.63, 3.8) is 0 Å². The van der Waals surface area contributed by atoms with Crippen molar-refractivity contribution in [2.24, 2.45) is 0 Å². The van der Waals surface area contributed by atoms with Gasteiger partial charge in [-0.05, 0) is 48.7 Å². The molecule has 8 nitrogen and oxygen atoms in total. The van der Waals surface area contributed by atoms with Crippen LogP contribution in [-0.4, -0.2) is 41.3 Å². The summed E-state index contributed by atoms with van der Waals surface area (Å²) in [6, 6.07) is -0.630. The molecule has 0 spiro atoms. The average Bonchev–Trinajstić information content (AvgIpc) is 3.18. The number of halogens is 1. The summed E-state index contributed by atoms with van der Waals surface area (Å²) in [5.41, 5.74) is 1.37. The quantitative estimate of drug-likeness (QED) is 0.615. The van der Waals surface area contributed by atoms with Gasteiger partial charge in [0.15, 0.2) is 0 Å². The Morgan fingerprint density at radius 3 is 2.54 bits per heavy atom. The monoisotopic (exact) mass is 471 g/mol. The van der Waals surface area contributed by atoms with Gasteiger partial charge in [0.1, 0.15) is 15.9 Å². The van der Waals surface area contributed by atoms with Gasteiger partial charge >= 0.3 is 11.9 Å². The Hall–Kier alpha value is -2.20. The van der Waals surface area contributed by atoms with Gasteiger partial charge in [-0.3, -0.25) is 9.48 Å². The minimum atomic E-state index is -0.630. The van der Waals surface area contributed by atoms with E-state index in [0.29, 0.717) is 12.0 Å². The van der Waals surface area contributed by atoms with Crippen LogP contribution in [0.2, 0.25) is 0 Å². The van der Waals surface area contributed by atoms with Crippen LogP contribution in [0, 0.1) is 13.8 Å². The normalized spacial score (nSPS) is 11.8. The van der Waals surface area contributed by atoms with E-state index in [2.05, 4.69) is 26.3 Å². The number of aromatic nitrogens is 2. The number of thiophene rings is 1. The molecule has 0 aliphatic rings. The average molecular weight is 472 g/mol. The van der Waals surface area contributed by atoms with Crippen molar-refractivity contribution in [2.45, 2.75) is 40.2 Å². The largest absolute Gasteiger partial charge is 0.465 e. The second kappa shape index (κ2) is 9.33. The van der Waals surface area contributed by atoms with E-state index in [0.717, 1.165) is 21.5 Å². The van der Waals surface area contributed by atoms with E-state index < -0.39 is 18.0 Å². The highest BCUT2D eigenvalue weighted by Gasteiger charge is 2.28. The van der Waals surface area contributed by atoms with Gasteiger partial charge in [0.2, 0.25) is 5.91 Å². The van der Waals surface area contributed by atoms with Crippen molar-refractivity contribution in [2.75, 3.05) is 19.0 Å². The number of esters is 2. The zero-order valence-corrected chi connectivity index (χ0v) is 18.7. The number of amides is 1. The van der Waals surface area contributed by atoms with Crippen molar-refractivity contribution in [3.05, 3.63) is 32.4 Å². The molecular formula is C18H22BrN3O5S. The van der Waals surface area contributed by atoms with E-state index >= 15 is 0 Å². The molecule has 0 aromatic carbocycles. The summed E-state index contributed by atoms with van der Waals surface area (Å²) in [6.07, 6.45) is 2.27. The van der Waals surface area contributed by atoms with Crippen molar-refractivity contribution in [3.8, 4) is 0 Å². The Balaban J connectivity index is 2.37. The van der Waals surface area contributed by atoms with E-state index in [1.165, 1.54) is 7.11 Å². The lowest BCUT2D eigenvalue weighted by Crippen LogP contribution is -2.25. The maximum absolute atomic E-state index is 12.8. The molecule has 152 valence electrons. The Bertz CT molecular complexity index is 905. The van der Waals surface area contributed by atoms with Crippen molar-refractivity contribution in [1.29, 1.82) is 0 Å². The van der Waals surface area contributed by atoms with Crippen molar-refractivity contribution >= 4 is 50.1 Å². The first-order valence-corrected chi connectivity index (χ1v) is 10.2. The molecule has 1 atom stereocenters. The summed E-state index contributed by atoms with van der Waals surface area (Å²) < 4.78 is 12.3. The summed E-state index contributed by atoms with van der Waals surface area (Å²) in [4.78, 5) is 37.6. The van der Waals surface area contributed by atoms with Crippen LogP contribution in [0.15, 0.2) is 10.7 Å². The molecule has 2 rings (SSSR count). The standard InChI is InChI=1S/C18H22BrN3O5S/c1-6-7-27-17(24)13-9(2)14(18(25)26-5)28-16(13)21-15(23)11(4)22-10(3)12(19)8-20-22/h8,11H,6-7H2,1-5H3,(H,21,23). The van der Waals surface area contributed by atoms with Crippen LogP contribution in [0.5, 0.6) is 0 Å². The van der Waals surface area contributed by atoms with Gasteiger partial charge in [-0.25, -0.2) is 9.59 Å². The molecule has 1 unspecified atom stereocenters. The van der Waals surface area contributed by atoms with Gasteiger partial charge in [0.25, 0.3) is 0 Å². The second-order valence-electron chi connectivity index (χ2n) is 6.08. The van der Waals surface area contributed by atoms with E-state index in [1.807, 2.05) is 13.8 Å². The minimum Gasteiger partial charge on any atom is -0.465 e.